The average Bonchev–Trinajstić information content (AvgIpc) is 3.13. The van der Waals surface area contributed by atoms with E-state index >= 15 is 0 Å². The predicted molar refractivity (Wildman–Crippen MR) is 136 cm³/mol. The Balaban J connectivity index is 1.91. The van der Waals surface area contributed by atoms with E-state index < -0.39 is 49.8 Å². The van der Waals surface area contributed by atoms with E-state index in [2.05, 4.69) is 20.1 Å². The lowest BCUT2D eigenvalue weighted by Crippen LogP contribution is -2.42. The van der Waals surface area contributed by atoms with Crippen molar-refractivity contribution in [1.29, 1.82) is 0 Å². The smallest absolute Gasteiger partial charge is 0.175 e. The molecule has 0 radical (unpaired) electrons. The number of hydrogen-bond donors (Lipinski definition) is 0. The van der Waals surface area contributed by atoms with Gasteiger partial charge in [-0.05, 0) is 73.1 Å². The maximum absolute atomic E-state index is 11.8. The zero-order valence-electron chi connectivity index (χ0n) is 20.8. The second kappa shape index (κ2) is 11.1. The maximum Gasteiger partial charge on any atom is 0.175 e. The lowest BCUT2D eigenvalue weighted by Gasteiger charge is -2.27. The van der Waals surface area contributed by atoms with E-state index in [1.807, 2.05) is 0 Å². The molecule has 1 saturated heterocycles. The molecule has 0 bridgehead atoms. The van der Waals surface area contributed by atoms with Gasteiger partial charge in [0.15, 0.2) is 25.5 Å². The first kappa shape index (κ1) is 28.5. The average molecular weight is 549 g/mol. The second-order valence-electron chi connectivity index (χ2n) is 9.35. The van der Waals surface area contributed by atoms with E-state index in [0.29, 0.717) is 11.1 Å². The van der Waals surface area contributed by atoms with Gasteiger partial charge in [0.25, 0.3) is 0 Å². The Labute approximate surface area is 215 Å². The molecule has 0 aromatic heterocycles. The Hall–Kier alpha value is -3.12. The van der Waals surface area contributed by atoms with Gasteiger partial charge >= 0.3 is 0 Å². The highest BCUT2D eigenvalue weighted by Crippen LogP contribution is 2.36. The highest BCUT2D eigenvalue weighted by Gasteiger charge is 2.48. The Kier molecular flexibility index (Phi) is 8.53. The first-order chi connectivity index (χ1) is 17.2. The van der Waals surface area contributed by atoms with Crippen molar-refractivity contribution in [2.45, 2.75) is 66.6 Å². The molecule has 0 spiro atoms. The molecule has 0 N–H and O–H groups in total. The quantitative estimate of drug-likeness (QED) is 0.244. The summed E-state index contributed by atoms with van der Waals surface area (Å²) < 4.78 is 59.3. The molecule has 0 saturated carbocycles. The first-order valence-electron chi connectivity index (χ1n) is 11.3. The summed E-state index contributed by atoms with van der Waals surface area (Å²) in [5.74, 6) is -1.07. The molecular formula is C23H28N6O6S2. The molecule has 0 amide bonds. The van der Waals surface area contributed by atoms with Crippen LogP contribution in [0, 0.1) is 0 Å². The van der Waals surface area contributed by atoms with Crippen molar-refractivity contribution in [2.75, 3.05) is 12.5 Å². The Morgan fingerprint density at radius 1 is 0.757 bits per heavy atom. The Morgan fingerprint density at radius 3 is 1.35 bits per heavy atom. The molecule has 1 fully saturated rings. The fraction of sp³-hybridized carbons (Fsp3) is 0.478. The van der Waals surface area contributed by atoms with Gasteiger partial charge in [-0.3, -0.25) is 0 Å². The minimum Gasteiger partial charge on any atom is -0.344 e. The summed E-state index contributed by atoms with van der Waals surface area (Å²) in [6.07, 6.45) is 1.11. The molecule has 2 aromatic carbocycles. The van der Waals surface area contributed by atoms with E-state index in [4.69, 9.17) is 9.47 Å². The lowest BCUT2D eigenvalue weighted by atomic mass is 9.92. The molecule has 1 aliphatic heterocycles. The van der Waals surface area contributed by atoms with E-state index in [0.717, 1.165) is 12.5 Å². The topological polar surface area (TPSA) is 184 Å². The molecule has 0 aliphatic carbocycles. The van der Waals surface area contributed by atoms with Gasteiger partial charge in [-0.15, -0.1) is 0 Å². The van der Waals surface area contributed by atoms with Crippen molar-refractivity contribution < 1.29 is 26.3 Å². The van der Waals surface area contributed by atoms with Crippen molar-refractivity contribution >= 4 is 19.7 Å². The first-order valence-corrected chi connectivity index (χ1v) is 15.0. The summed E-state index contributed by atoms with van der Waals surface area (Å²) in [4.78, 5) is 6.28. The van der Waals surface area contributed by atoms with Gasteiger partial charge in [-0.25, -0.2) is 16.8 Å². The molecule has 2 aromatic rings. The predicted octanol–water partition coefficient (Wildman–Crippen LogP) is 4.16. The standard InChI is InChI=1S/C23H28N6O6S2/c1-23(2)34-21(19(26-28-24)13-15-5-9-17(10-6-15)36(3,30)31)22(35-23)20(27-29-25)14-16-7-11-18(12-8-16)37(4,32)33/h5-12,19-22H,13-14H2,1-4H3/t19-,20-,21+,22+/m1/s1. The summed E-state index contributed by atoms with van der Waals surface area (Å²) in [6.45, 7) is 3.39. The largest absolute Gasteiger partial charge is 0.344 e. The molecule has 1 aliphatic rings. The Bertz CT molecular complexity index is 1320. The van der Waals surface area contributed by atoms with Gasteiger partial charge in [0.2, 0.25) is 0 Å². The van der Waals surface area contributed by atoms with E-state index in [-0.39, 0.29) is 22.6 Å². The van der Waals surface area contributed by atoms with Crippen LogP contribution in [-0.2, 0) is 42.0 Å². The van der Waals surface area contributed by atoms with Gasteiger partial charge in [0, 0.05) is 22.3 Å². The van der Waals surface area contributed by atoms with Crippen LogP contribution in [0.3, 0.4) is 0 Å². The summed E-state index contributed by atoms with van der Waals surface area (Å²) in [6, 6.07) is 11.0. The maximum atomic E-state index is 11.8. The van der Waals surface area contributed by atoms with E-state index in [1.165, 1.54) is 24.3 Å². The molecule has 14 heteroatoms. The molecular weight excluding hydrogens is 520 g/mol. The van der Waals surface area contributed by atoms with Gasteiger partial charge in [-0.1, -0.05) is 34.5 Å². The molecule has 0 unspecified atom stereocenters. The second-order valence-corrected chi connectivity index (χ2v) is 13.4. The highest BCUT2D eigenvalue weighted by molar-refractivity contribution is 7.91. The molecule has 37 heavy (non-hydrogen) atoms. The zero-order valence-corrected chi connectivity index (χ0v) is 22.4. The molecule has 3 rings (SSSR count). The monoisotopic (exact) mass is 548 g/mol. The molecule has 12 nitrogen and oxygen atoms in total. The van der Waals surface area contributed by atoms with Crippen LogP contribution < -0.4 is 0 Å². The number of azide groups is 2. The van der Waals surface area contributed by atoms with Crippen LogP contribution in [-0.4, -0.2) is 59.4 Å². The van der Waals surface area contributed by atoms with Crippen LogP contribution in [0.15, 0.2) is 68.6 Å². The number of hydrogen-bond acceptors (Lipinski definition) is 8. The summed E-state index contributed by atoms with van der Waals surface area (Å²) in [7, 11) is -6.73. The van der Waals surface area contributed by atoms with Crippen molar-refractivity contribution in [3.63, 3.8) is 0 Å². The zero-order chi connectivity index (χ0) is 27.4. The SMILES string of the molecule is CC1(C)O[C@@H]([C@@H](Cc2ccc(S(C)(=O)=O)cc2)N=[N+]=[N-])[C@H]([C@@H](Cc2ccc(S(C)(=O)=O)cc2)N=[N+]=[N-])O1. The van der Waals surface area contributed by atoms with Crippen LogP contribution in [0.25, 0.3) is 20.9 Å². The third kappa shape index (κ3) is 7.45. The van der Waals surface area contributed by atoms with Gasteiger partial charge in [-0.2, -0.15) is 0 Å². The molecule has 4 atom stereocenters. The van der Waals surface area contributed by atoms with Crippen LogP contribution >= 0.6 is 0 Å². The number of nitrogens with zero attached hydrogens (tertiary/aromatic N) is 6. The van der Waals surface area contributed by atoms with Crippen molar-refractivity contribution in [1.82, 2.24) is 0 Å². The van der Waals surface area contributed by atoms with E-state index in [1.54, 1.807) is 38.1 Å². The van der Waals surface area contributed by atoms with Crippen LogP contribution in [0.1, 0.15) is 25.0 Å². The van der Waals surface area contributed by atoms with E-state index in [9.17, 15) is 27.9 Å². The number of rotatable bonds is 10. The van der Waals surface area contributed by atoms with Crippen molar-refractivity contribution in [3.8, 4) is 0 Å². The van der Waals surface area contributed by atoms with Crippen molar-refractivity contribution in [3.05, 3.63) is 80.5 Å². The summed E-state index contributed by atoms with van der Waals surface area (Å²) in [5, 5.41) is 7.86. The number of sulfone groups is 2. The molecule has 198 valence electrons. The number of ether oxygens (including phenoxy) is 2. The summed E-state index contributed by atoms with van der Waals surface area (Å²) >= 11 is 0. The Morgan fingerprint density at radius 2 is 1.08 bits per heavy atom. The lowest BCUT2D eigenvalue weighted by molar-refractivity contribution is -0.149. The minimum atomic E-state index is -3.36. The van der Waals surface area contributed by atoms with Crippen LogP contribution in [0.5, 0.6) is 0 Å². The third-order valence-corrected chi connectivity index (χ3v) is 8.17. The summed E-state index contributed by atoms with van der Waals surface area (Å²) in [5.41, 5.74) is 20.0. The fourth-order valence-electron chi connectivity index (χ4n) is 4.22. The van der Waals surface area contributed by atoms with Gasteiger partial charge in [0.05, 0.1) is 34.1 Å². The van der Waals surface area contributed by atoms with Gasteiger partial charge < -0.3 is 9.47 Å². The third-order valence-electron chi connectivity index (χ3n) is 5.91. The van der Waals surface area contributed by atoms with Gasteiger partial charge in [0.1, 0.15) is 0 Å². The highest BCUT2D eigenvalue weighted by atomic mass is 32.2. The van der Waals surface area contributed by atoms with Crippen molar-refractivity contribution in [2.24, 2.45) is 10.2 Å². The molecule has 1 heterocycles. The van der Waals surface area contributed by atoms with Crippen LogP contribution in [0.2, 0.25) is 0 Å². The normalized spacial score (nSPS) is 20.9. The fourth-order valence-corrected chi connectivity index (χ4v) is 5.48. The number of benzene rings is 2. The van der Waals surface area contributed by atoms with Crippen LogP contribution in [0.4, 0.5) is 0 Å². The minimum absolute atomic E-state index is 0.168.